The molecule has 4 heterocycles. The number of nitrogens with one attached hydrogen (secondary N) is 1. The number of carbonyl (C=O) groups is 6. The third kappa shape index (κ3) is 21.9. The van der Waals surface area contributed by atoms with E-state index in [2.05, 4.69) is 5.32 Å². The topological polar surface area (TPSA) is 292 Å². The van der Waals surface area contributed by atoms with Crippen LogP contribution in [0.1, 0.15) is 83.2 Å². The molecule has 11 rings (SSSR count). The third-order valence-electron chi connectivity index (χ3n) is 18.1. The average Bonchev–Trinajstić information content (AvgIpc) is 0.764. The minimum absolute atomic E-state index is 0.0306. The Labute approximate surface area is 625 Å². The van der Waals surface area contributed by atoms with Gasteiger partial charge in [-0.1, -0.05) is 188 Å². The molecule has 0 bridgehead atoms. The number of amides is 1. The fourth-order valence-electron chi connectivity index (χ4n) is 13.1. The summed E-state index contributed by atoms with van der Waals surface area (Å²) in [5.74, 6) is -5.75. The zero-order valence-corrected chi connectivity index (χ0v) is 60.4. The van der Waals surface area contributed by atoms with Gasteiger partial charge in [0.15, 0.2) is 49.6 Å². The molecule has 4 aliphatic rings. The van der Waals surface area contributed by atoms with E-state index in [-0.39, 0.29) is 50.8 Å². The summed E-state index contributed by atoms with van der Waals surface area (Å²) in [6, 6.07) is 60.5. The first-order valence-electron chi connectivity index (χ1n) is 35.3. The van der Waals surface area contributed by atoms with Crippen molar-refractivity contribution in [3.63, 3.8) is 0 Å². The number of hydrogen-bond donors (Lipinski definition) is 2. The van der Waals surface area contributed by atoms with Crippen LogP contribution in [0.15, 0.2) is 212 Å². The first-order valence-corrected chi connectivity index (χ1v) is 35.9. The van der Waals surface area contributed by atoms with Gasteiger partial charge in [0.2, 0.25) is 5.91 Å². The Morgan fingerprint density at radius 2 is 0.785 bits per heavy atom. The second kappa shape index (κ2) is 39.3. The third-order valence-corrected chi connectivity index (χ3v) is 18.3. The van der Waals surface area contributed by atoms with Crippen molar-refractivity contribution < 1.29 is 114 Å². The van der Waals surface area contributed by atoms with E-state index in [4.69, 9.17) is 92.1 Å². The predicted octanol–water partition coefficient (Wildman–Crippen LogP) is 9.23. The van der Waals surface area contributed by atoms with Gasteiger partial charge in [0.1, 0.15) is 73.5 Å². The summed E-state index contributed by atoms with van der Waals surface area (Å²) in [4.78, 5) is 84.1. The lowest BCUT2D eigenvalue weighted by molar-refractivity contribution is -0.392. The number of hydrogen-bond acceptors (Lipinski definition) is 24. The molecule has 0 saturated carbocycles. The SMILES string of the molecule is CC(=O)N[C@H]1[C@@H](O[C@@H]2[C@@H](OCc3ccccc3)[C@H](C)O[C@@H](O)[C@@H]2OC(=O)c2ccccc2)O[C@H](COC(C)=O)[C@@H](OC(C)=O)[C@@H]1O[C@H]1O[C@H](COCc2ccccc2)[C@@H](OCc2ccccc2)[C@H](OCc2ccccc2)[C@H]1O[C@@H]1O[C@@H](C)[C@H](OCc2ccccc2)[C@@H](OC(=O)CCl)[C@H]1OC(=O)c1ccccc1. The fourth-order valence-corrected chi connectivity index (χ4v) is 13.1. The van der Waals surface area contributed by atoms with Crippen LogP contribution in [0.25, 0.3) is 0 Å². The quantitative estimate of drug-likeness (QED) is 0.0225. The molecular weight excluding hydrogens is 1410 g/mol. The maximum atomic E-state index is 14.8. The summed E-state index contributed by atoms with van der Waals surface area (Å²) in [6.45, 7) is 5.62. The van der Waals surface area contributed by atoms with Crippen molar-refractivity contribution in [3.05, 3.63) is 251 Å². The minimum Gasteiger partial charge on any atom is -0.463 e. The number of halogens is 1. The Morgan fingerprint density at radius 1 is 0.383 bits per heavy atom. The number of rotatable bonds is 32. The predicted molar refractivity (Wildman–Crippen MR) is 381 cm³/mol. The van der Waals surface area contributed by atoms with Gasteiger partial charge in [0, 0.05) is 20.8 Å². The van der Waals surface area contributed by atoms with Crippen molar-refractivity contribution in [2.75, 3.05) is 19.1 Å². The Bertz CT molecular complexity index is 3920. The van der Waals surface area contributed by atoms with Crippen LogP contribution in [0.5, 0.6) is 0 Å². The highest BCUT2D eigenvalue weighted by molar-refractivity contribution is 6.26. The van der Waals surface area contributed by atoms with Gasteiger partial charge in [-0.2, -0.15) is 0 Å². The average molecular weight is 1500 g/mol. The van der Waals surface area contributed by atoms with E-state index >= 15 is 0 Å². The zero-order valence-electron chi connectivity index (χ0n) is 59.6. The minimum atomic E-state index is -1.89. The zero-order chi connectivity index (χ0) is 75.2. The lowest BCUT2D eigenvalue weighted by Gasteiger charge is -2.52. The molecule has 25 nitrogen and oxygen atoms in total. The Balaban J connectivity index is 1.08. The molecule has 26 heteroatoms. The monoisotopic (exact) mass is 1490 g/mol. The molecule has 4 aliphatic heterocycles. The summed E-state index contributed by atoms with van der Waals surface area (Å²) in [7, 11) is 0. The molecule has 7 aromatic carbocycles. The maximum absolute atomic E-state index is 14.8. The normalized spacial score (nSPS) is 28.4. The van der Waals surface area contributed by atoms with Crippen molar-refractivity contribution in [1.29, 1.82) is 0 Å². The molecule has 0 unspecified atom stereocenters. The molecule has 0 aliphatic carbocycles. The van der Waals surface area contributed by atoms with E-state index in [9.17, 15) is 33.9 Å². The van der Waals surface area contributed by atoms with Gasteiger partial charge in [-0.3, -0.25) is 19.2 Å². The highest BCUT2D eigenvalue weighted by Crippen LogP contribution is 2.41. The second-order valence-electron chi connectivity index (χ2n) is 26.0. The van der Waals surface area contributed by atoms with Crippen molar-refractivity contribution in [2.24, 2.45) is 0 Å². The van der Waals surface area contributed by atoms with Crippen LogP contribution >= 0.6 is 11.6 Å². The largest absolute Gasteiger partial charge is 0.463 e. The number of ether oxygens (including phenoxy) is 17. The van der Waals surface area contributed by atoms with Gasteiger partial charge in [-0.05, 0) is 65.9 Å². The molecule has 4 fully saturated rings. The number of alkyl halides is 1. The fraction of sp³-hybridized carbons (Fsp3) is 0.407. The summed E-state index contributed by atoms with van der Waals surface area (Å²) in [6.07, 6.45) is -29.2. The van der Waals surface area contributed by atoms with E-state index in [1.807, 2.05) is 152 Å². The summed E-state index contributed by atoms with van der Waals surface area (Å²) >= 11 is 6.26. The van der Waals surface area contributed by atoms with Crippen LogP contribution in [0.2, 0.25) is 0 Å². The van der Waals surface area contributed by atoms with Crippen LogP contribution in [-0.4, -0.2) is 183 Å². The van der Waals surface area contributed by atoms with Crippen molar-refractivity contribution in [2.45, 2.75) is 190 Å². The van der Waals surface area contributed by atoms with Gasteiger partial charge in [-0.25, -0.2) is 9.59 Å². The van der Waals surface area contributed by atoms with Gasteiger partial charge >= 0.3 is 29.8 Å². The molecule has 0 radical (unpaired) electrons. The number of benzene rings is 7. The first kappa shape index (κ1) is 79.2. The summed E-state index contributed by atoms with van der Waals surface area (Å²) < 4.78 is 114. The van der Waals surface area contributed by atoms with E-state index < -0.39 is 171 Å². The summed E-state index contributed by atoms with van der Waals surface area (Å²) in [5, 5.41) is 14.9. The number of carbonyl (C=O) groups excluding carboxylic acids is 6. The van der Waals surface area contributed by atoms with Crippen molar-refractivity contribution >= 4 is 47.4 Å². The lowest BCUT2D eigenvalue weighted by Crippen LogP contribution is -2.71. The van der Waals surface area contributed by atoms with Crippen LogP contribution in [0, 0.1) is 0 Å². The first-order chi connectivity index (χ1) is 52.0. The van der Waals surface area contributed by atoms with Crippen LogP contribution < -0.4 is 5.32 Å². The van der Waals surface area contributed by atoms with Gasteiger partial charge < -0.3 is 90.9 Å². The number of aliphatic hydroxyl groups excluding tert-OH is 1. The Morgan fingerprint density at radius 3 is 1.26 bits per heavy atom. The molecule has 1 amide bonds. The van der Waals surface area contributed by atoms with Crippen LogP contribution in [0.3, 0.4) is 0 Å². The van der Waals surface area contributed by atoms with Gasteiger partial charge in [0.05, 0.1) is 63.0 Å². The molecule has 7 aromatic rings. The van der Waals surface area contributed by atoms with Crippen molar-refractivity contribution in [1.82, 2.24) is 5.32 Å². The molecule has 2 N–H and O–H groups in total. The molecule has 107 heavy (non-hydrogen) atoms. The lowest BCUT2D eigenvalue weighted by atomic mass is 9.93. The van der Waals surface area contributed by atoms with E-state index in [0.717, 1.165) is 36.1 Å². The Hall–Kier alpha value is -8.87. The van der Waals surface area contributed by atoms with Crippen LogP contribution in [0.4, 0.5) is 0 Å². The van der Waals surface area contributed by atoms with E-state index in [1.54, 1.807) is 50.2 Å². The van der Waals surface area contributed by atoms with E-state index in [1.165, 1.54) is 31.2 Å². The smallest absolute Gasteiger partial charge is 0.338 e. The highest BCUT2D eigenvalue weighted by atomic mass is 35.5. The second-order valence-corrected chi connectivity index (χ2v) is 26.3. The Kier molecular flexibility index (Phi) is 29.1. The van der Waals surface area contributed by atoms with Crippen molar-refractivity contribution in [3.8, 4) is 0 Å². The highest BCUT2D eigenvalue weighted by Gasteiger charge is 2.60. The van der Waals surface area contributed by atoms with Crippen LogP contribution in [-0.2, 0) is 133 Å². The van der Waals surface area contributed by atoms with Gasteiger partial charge in [-0.15, -0.1) is 11.6 Å². The standard InChI is InChI=1S/C81H88ClNO24/c1-49-65(93-43-55-29-15-7-16-30-55)71(73(78(90)97-49)103-76(88)59-37-23-11-24-38-59)106-79-64(83-51(3)84)69(68(99-53(5)86)62(100-79)48-92-52(4)85)105-81-74(70(96-46-58-35-21-10-22-36-58)67(95-45-57-33-19-9-20-34-57)61(101-81)47-91-42-54-27-13-6-14-28-54)107-80-75(104-77(89)60-39-25-12-26-40-60)72(102-63(87)41-82)66(50(2)98-80)94-44-56-31-17-8-18-32-56/h6-40,49-50,61-62,64-75,78-81,90H,41-48H2,1-5H3,(H,83,84)/t49-,50-,61+,62+,64+,65-,66-,67+,68+,69+,70-,71+,72+,73+,74+,75+,78+,79+,80-,81+/m0/s1. The molecule has 568 valence electrons. The van der Waals surface area contributed by atoms with Gasteiger partial charge in [0.25, 0.3) is 0 Å². The van der Waals surface area contributed by atoms with E-state index in [0.29, 0.717) is 5.56 Å². The maximum Gasteiger partial charge on any atom is 0.338 e. The molecular formula is C81H88ClNO24. The molecule has 20 atom stereocenters. The molecule has 0 aromatic heterocycles. The number of esters is 5. The molecule has 0 spiro atoms. The number of aliphatic hydroxyl groups is 1. The molecule has 4 saturated heterocycles. The summed E-state index contributed by atoms with van der Waals surface area (Å²) in [5.41, 5.74) is 3.87.